The number of carboxylic acids is 1. The Labute approximate surface area is 101 Å². The molecule has 1 aliphatic rings. The van der Waals surface area contributed by atoms with Gasteiger partial charge in [-0.1, -0.05) is 0 Å². The van der Waals surface area contributed by atoms with Gasteiger partial charge in [0, 0.05) is 16.3 Å². The first-order valence-electron chi connectivity index (χ1n) is 4.79. The van der Waals surface area contributed by atoms with Crippen LogP contribution in [0.3, 0.4) is 0 Å². The minimum atomic E-state index is -0.757. The number of aromatic nitrogens is 1. The summed E-state index contributed by atoms with van der Waals surface area (Å²) in [6, 6.07) is 3.42. The van der Waals surface area contributed by atoms with E-state index in [1.165, 1.54) is 0 Å². The van der Waals surface area contributed by atoms with E-state index in [-0.39, 0.29) is 0 Å². The maximum absolute atomic E-state index is 11.0. The van der Waals surface area contributed by atoms with Crippen molar-refractivity contribution in [2.45, 2.75) is 18.9 Å². The third kappa shape index (κ3) is 2.22. The molecule has 0 radical (unpaired) electrons. The van der Waals surface area contributed by atoms with Crippen molar-refractivity contribution in [3.05, 3.63) is 21.9 Å². The van der Waals surface area contributed by atoms with E-state index in [4.69, 9.17) is 5.11 Å². The van der Waals surface area contributed by atoms with Gasteiger partial charge in [0.05, 0.1) is 0 Å². The highest BCUT2D eigenvalue weighted by Crippen LogP contribution is 2.24. The van der Waals surface area contributed by atoms with E-state index in [1.54, 1.807) is 6.20 Å². The van der Waals surface area contributed by atoms with Crippen LogP contribution < -0.4 is 4.90 Å². The van der Waals surface area contributed by atoms with Gasteiger partial charge < -0.3 is 10.0 Å². The van der Waals surface area contributed by atoms with Gasteiger partial charge in [-0.05, 0) is 47.6 Å². The molecule has 2 rings (SSSR count). The van der Waals surface area contributed by atoms with Crippen LogP contribution in [-0.2, 0) is 4.79 Å². The fourth-order valence-corrected chi connectivity index (χ4v) is 2.15. The summed E-state index contributed by atoms with van der Waals surface area (Å²) in [6.45, 7) is 0.782. The predicted octanol–water partition coefficient (Wildman–Crippen LogP) is 1.74. The van der Waals surface area contributed by atoms with Crippen LogP contribution in [0.4, 0.5) is 5.82 Å². The van der Waals surface area contributed by atoms with Crippen molar-refractivity contribution in [3.63, 3.8) is 0 Å². The van der Waals surface area contributed by atoms with Gasteiger partial charge in [0.2, 0.25) is 0 Å². The molecule has 5 heteroatoms. The van der Waals surface area contributed by atoms with E-state index in [0.29, 0.717) is 6.42 Å². The zero-order valence-electron chi connectivity index (χ0n) is 8.06. The van der Waals surface area contributed by atoms with Crippen LogP contribution in [0.25, 0.3) is 0 Å². The van der Waals surface area contributed by atoms with Gasteiger partial charge in [0.1, 0.15) is 11.9 Å². The summed E-state index contributed by atoms with van der Waals surface area (Å²) < 4.78 is 1.06. The van der Waals surface area contributed by atoms with Crippen LogP contribution in [-0.4, -0.2) is 28.6 Å². The predicted molar refractivity (Wildman–Crippen MR) is 65.0 cm³/mol. The van der Waals surface area contributed by atoms with E-state index in [1.807, 2.05) is 17.0 Å². The molecule has 0 amide bonds. The summed E-state index contributed by atoms with van der Waals surface area (Å²) in [7, 11) is 0. The number of anilines is 1. The van der Waals surface area contributed by atoms with E-state index in [2.05, 4.69) is 27.6 Å². The fourth-order valence-electron chi connectivity index (χ4n) is 1.84. The number of aliphatic carboxylic acids is 1. The first kappa shape index (κ1) is 10.7. The van der Waals surface area contributed by atoms with E-state index in [0.717, 1.165) is 22.4 Å². The Hall–Kier alpha value is -0.850. The average Bonchev–Trinajstić information content (AvgIpc) is 2.67. The second-order valence-corrected chi connectivity index (χ2v) is 4.77. The van der Waals surface area contributed by atoms with Crippen molar-refractivity contribution in [2.24, 2.45) is 0 Å². The highest BCUT2D eigenvalue weighted by atomic mass is 127. The fraction of sp³-hybridized carbons (Fsp3) is 0.400. The molecule has 0 spiro atoms. The molecular formula is C10H11IN2O2. The molecule has 0 unspecified atom stereocenters. The van der Waals surface area contributed by atoms with Crippen LogP contribution in [0.1, 0.15) is 12.8 Å². The number of halogens is 1. The zero-order valence-corrected chi connectivity index (χ0v) is 10.2. The van der Waals surface area contributed by atoms with Crippen LogP contribution in [0.5, 0.6) is 0 Å². The maximum Gasteiger partial charge on any atom is 0.326 e. The number of hydrogen-bond donors (Lipinski definition) is 1. The molecule has 80 valence electrons. The number of nitrogens with zero attached hydrogens (tertiary/aromatic N) is 2. The topological polar surface area (TPSA) is 53.4 Å². The number of carboxylic acid groups (broad SMARTS) is 1. The SMILES string of the molecule is O=C(O)[C@H]1CCCN1c1ccc(I)cn1. The Balaban J connectivity index is 2.22. The second-order valence-electron chi connectivity index (χ2n) is 3.52. The van der Waals surface area contributed by atoms with Gasteiger partial charge in [0.15, 0.2) is 0 Å². The molecule has 1 N–H and O–H groups in total. The molecule has 1 aliphatic heterocycles. The van der Waals surface area contributed by atoms with E-state index in [9.17, 15) is 4.79 Å². The lowest BCUT2D eigenvalue weighted by Crippen LogP contribution is -2.36. The number of carbonyl (C=O) groups is 1. The van der Waals surface area contributed by atoms with Crippen LogP contribution in [0.2, 0.25) is 0 Å². The van der Waals surface area contributed by atoms with Gasteiger partial charge in [-0.25, -0.2) is 9.78 Å². The molecule has 0 aliphatic carbocycles. The Morgan fingerprint density at radius 2 is 2.40 bits per heavy atom. The third-order valence-electron chi connectivity index (χ3n) is 2.54. The average molecular weight is 318 g/mol. The molecule has 0 aromatic carbocycles. The lowest BCUT2D eigenvalue weighted by Gasteiger charge is -2.22. The number of hydrogen-bond acceptors (Lipinski definition) is 3. The Bertz CT molecular complexity index is 366. The molecule has 1 atom stereocenters. The largest absolute Gasteiger partial charge is 0.480 e. The lowest BCUT2D eigenvalue weighted by atomic mass is 10.2. The first-order chi connectivity index (χ1) is 7.18. The normalized spacial score (nSPS) is 20.6. The quantitative estimate of drug-likeness (QED) is 0.844. The highest BCUT2D eigenvalue weighted by Gasteiger charge is 2.31. The molecule has 2 heterocycles. The molecule has 0 bridgehead atoms. The standard InChI is InChI=1S/C10H11IN2O2/c11-7-3-4-9(12-6-7)13-5-1-2-8(13)10(14)15/h3-4,6,8H,1-2,5H2,(H,14,15)/t8-/m1/s1. The first-order valence-corrected chi connectivity index (χ1v) is 5.87. The van der Waals surface area contributed by atoms with Crippen molar-refractivity contribution in [2.75, 3.05) is 11.4 Å². The minimum absolute atomic E-state index is 0.405. The summed E-state index contributed by atoms with van der Waals surface area (Å²) in [5, 5.41) is 9.03. The summed E-state index contributed by atoms with van der Waals surface area (Å²) in [5.41, 5.74) is 0. The second kappa shape index (κ2) is 4.34. The van der Waals surface area contributed by atoms with Crippen molar-refractivity contribution in [1.29, 1.82) is 0 Å². The molecule has 1 aromatic heterocycles. The van der Waals surface area contributed by atoms with Crippen molar-refractivity contribution < 1.29 is 9.90 Å². The number of pyridine rings is 1. The Kier molecular flexibility index (Phi) is 3.08. The number of rotatable bonds is 2. The molecule has 1 aromatic rings. The van der Waals surface area contributed by atoms with E-state index >= 15 is 0 Å². The summed E-state index contributed by atoms with van der Waals surface area (Å²) in [4.78, 5) is 17.1. The van der Waals surface area contributed by atoms with Crippen molar-refractivity contribution in [3.8, 4) is 0 Å². The van der Waals surface area contributed by atoms with Gasteiger partial charge in [-0.2, -0.15) is 0 Å². The smallest absolute Gasteiger partial charge is 0.326 e. The van der Waals surface area contributed by atoms with Crippen molar-refractivity contribution >= 4 is 34.4 Å². The van der Waals surface area contributed by atoms with Gasteiger partial charge >= 0.3 is 5.97 Å². The van der Waals surface area contributed by atoms with E-state index < -0.39 is 12.0 Å². The highest BCUT2D eigenvalue weighted by molar-refractivity contribution is 14.1. The van der Waals surface area contributed by atoms with Crippen LogP contribution in [0.15, 0.2) is 18.3 Å². The third-order valence-corrected chi connectivity index (χ3v) is 3.18. The van der Waals surface area contributed by atoms with Gasteiger partial charge in [0.25, 0.3) is 0 Å². The maximum atomic E-state index is 11.0. The minimum Gasteiger partial charge on any atom is -0.480 e. The Morgan fingerprint density at radius 3 is 3.00 bits per heavy atom. The molecule has 1 saturated heterocycles. The van der Waals surface area contributed by atoms with Gasteiger partial charge in [-0.15, -0.1) is 0 Å². The summed E-state index contributed by atoms with van der Waals surface area (Å²) in [5.74, 6) is 0.00756. The molecular weight excluding hydrogens is 307 g/mol. The molecule has 4 nitrogen and oxygen atoms in total. The van der Waals surface area contributed by atoms with Gasteiger partial charge in [-0.3, -0.25) is 0 Å². The molecule has 1 fully saturated rings. The van der Waals surface area contributed by atoms with Crippen LogP contribution in [0, 0.1) is 3.57 Å². The zero-order chi connectivity index (χ0) is 10.8. The Morgan fingerprint density at radius 1 is 1.60 bits per heavy atom. The molecule has 0 saturated carbocycles. The monoisotopic (exact) mass is 318 g/mol. The molecule has 15 heavy (non-hydrogen) atoms. The lowest BCUT2D eigenvalue weighted by molar-refractivity contribution is -0.138. The van der Waals surface area contributed by atoms with Crippen LogP contribution >= 0.6 is 22.6 Å². The summed E-state index contributed by atoms with van der Waals surface area (Å²) >= 11 is 2.18. The summed E-state index contributed by atoms with van der Waals surface area (Å²) in [6.07, 6.45) is 3.39. The van der Waals surface area contributed by atoms with Crippen molar-refractivity contribution in [1.82, 2.24) is 4.98 Å².